The maximum Gasteiger partial charge on any atom is 0.253 e. The van der Waals surface area contributed by atoms with Gasteiger partial charge >= 0.3 is 0 Å². The molecule has 1 amide bonds. The Bertz CT molecular complexity index is 1240. The van der Waals surface area contributed by atoms with Gasteiger partial charge in [0.25, 0.3) is 5.91 Å². The van der Waals surface area contributed by atoms with E-state index in [1.54, 1.807) is 10.9 Å². The summed E-state index contributed by atoms with van der Waals surface area (Å²) < 4.78 is 1.61. The van der Waals surface area contributed by atoms with Gasteiger partial charge in [0.2, 0.25) is 0 Å². The minimum Gasteiger partial charge on any atom is -0.398 e. The van der Waals surface area contributed by atoms with Crippen LogP contribution in [0.5, 0.6) is 0 Å². The molecule has 8 heteroatoms. The maximum atomic E-state index is 12.9. The number of allylic oxidation sites excluding steroid dienone is 1. The topological polar surface area (TPSA) is 104 Å². The van der Waals surface area contributed by atoms with Crippen LogP contribution in [0.3, 0.4) is 0 Å². The molecule has 4 rings (SSSR count). The number of carbonyl (C=O) groups excluding carboxylic acids is 1. The van der Waals surface area contributed by atoms with Gasteiger partial charge in [-0.2, -0.15) is 0 Å². The molecule has 0 atom stereocenters. The Kier molecular flexibility index (Phi) is 7.12. The number of nitrogen functional groups attached to an aromatic ring is 1. The summed E-state index contributed by atoms with van der Waals surface area (Å²) in [4.78, 5) is 17.1. The van der Waals surface area contributed by atoms with E-state index in [0.717, 1.165) is 42.8 Å². The van der Waals surface area contributed by atoms with Crippen LogP contribution in [0, 0.1) is 5.41 Å². The van der Waals surface area contributed by atoms with Crippen molar-refractivity contribution in [3.63, 3.8) is 0 Å². The first-order chi connectivity index (χ1) is 16.7. The van der Waals surface area contributed by atoms with Crippen LogP contribution in [-0.4, -0.2) is 69.6 Å². The fourth-order valence-corrected chi connectivity index (χ4v) is 4.38. The fourth-order valence-electron chi connectivity index (χ4n) is 4.38. The van der Waals surface area contributed by atoms with Gasteiger partial charge in [0, 0.05) is 35.9 Å². The van der Waals surface area contributed by atoms with Crippen molar-refractivity contribution < 1.29 is 4.79 Å². The molecule has 0 spiro atoms. The third-order valence-electron chi connectivity index (χ3n) is 6.41. The van der Waals surface area contributed by atoms with Gasteiger partial charge in [-0.05, 0) is 82.7 Å². The summed E-state index contributed by atoms with van der Waals surface area (Å²) in [5.74, 6) is 0.0570. The van der Waals surface area contributed by atoms with Crippen LogP contribution in [-0.2, 0) is 0 Å². The molecule has 2 heterocycles. The number of nitrogens with one attached hydrogen (secondary N) is 1. The Balaban J connectivity index is 1.47. The molecule has 1 saturated heterocycles. The molecule has 35 heavy (non-hydrogen) atoms. The van der Waals surface area contributed by atoms with E-state index >= 15 is 0 Å². The molecule has 1 fully saturated rings. The summed E-state index contributed by atoms with van der Waals surface area (Å²) in [5, 5.41) is 17.0. The van der Waals surface area contributed by atoms with Gasteiger partial charge in [0.15, 0.2) is 0 Å². The van der Waals surface area contributed by atoms with Crippen LogP contribution >= 0.6 is 0 Å². The Hall–Kier alpha value is -3.78. The highest BCUT2D eigenvalue weighted by molar-refractivity contribution is 6.12. The summed E-state index contributed by atoms with van der Waals surface area (Å²) in [5.41, 5.74) is 11.5. The third-order valence-corrected chi connectivity index (χ3v) is 6.41. The first-order valence-corrected chi connectivity index (χ1v) is 11.8. The number of aromatic nitrogens is 3. The first-order valence-electron chi connectivity index (χ1n) is 11.8. The van der Waals surface area contributed by atoms with Crippen molar-refractivity contribution in [1.29, 1.82) is 5.41 Å². The van der Waals surface area contributed by atoms with Gasteiger partial charge in [-0.25, -0.2) is 4.68 Å². The predicted molar refractivity (Wildman–Crippen MR) is 140 cm³/mol. The highest BCUT2D eigenvalue weighted by Gasteiger charge is 2.24. The van der Waals surface area contributed by atoms with Crippen LogP contribution in [0.1, 0.15) is 53.9 Å². The number of nitrogens with two attached hydrogens (primary N) is 1. The molecule has 2 aromatic carbocycles. The molecule has 0 saturated carbocycles. The highest BCUT2D eigenvalue weighted by atomic mass is 16.2. The van der Waals surface area contributed by atoms with E-state index in [1.807, 2.05) is 67.3 Å². The Labute approximate surface area is 206 Å². The van der Waals surface area contributed by atoms with Gasteiger partial charge < -0.3 is 15.5 Å². The fraction of sp³-hybridized carbons (Fsp3) is 0.333. The van der Waals surface area contributed by atoms with E-state index in [0.29, 0.717) is 28.6 Å². The smallest absolute Gasteiger partial charge is 0.253 e. The minimum atomic E-state index is 0.0570. The molecule has 182 valence electrons. The van der Waals surface area contributed by atoms with Crippen LogP contribution in [0.4, 0.5) is 5.69 Å². The number of piperidine rings is 1. The number of anilines is 1. The maximum absolute atomic E-state index is 12.9. The number of rotatable bonds is 6. The largest absolute Gasteiger partial charge is 0.398 e. The summed E-state index contributed by atoms with van der Waals surface area (Å²) >= 11 is 0. The van der Waals surface area contributed by atoms with E-state index in [9.17, 15) is 4.79 Å². The molecule has 1 aliphatic rings. The second-order valence-corrected chi connectivity index (χ2v) is 9.53. The van der Waals surface area contributed by atoms with Crippen molar-refractivity contribution in [3.05, 3.63) is 76.6 Å². The summed E-state index contributed by atoms with van der Waals surface area (Å²) in [7, 11) is 4.18. The molecule has 3 N–H and O–H groups in total. The lowest BCUT2D eigenvalue weighted by Crippen LogP contribution is -2.44. The monoisotopic (exact) mass is 471 g/mol. The van der Waals surface area contributed by atoms with Crippen LogP contribution in [0.2, 0.25) is 0 Å². The lowest BCUT2D eigenvalue weighted by Gasteiger charge is -2.35. The number of nitrogens with zero attached hydrogens (tertiary/aromatic N) is 5. The zero-order valence-corrected chi connectivity index (χ0v) is 20.8. The van der Waals surface area contributed by atoms with Crippen molar-refractivity contribution in [2.24, 2.45) is 0 Å². The van der Waals surface area contributed by atoms with Gasteiger partial charge in [-0.1, -0.05) is 22.9 Å². The second-order valence-electron chi connectivity index (χ2n) is 9.53. The SMILES string of the molecule is CC(C)=Cc1ccc(N)c(C(=N)c2cn(-c3ccc(C(=O)N4CCC(N(C)C)CC4)cc3)nn2)c1. The summed E-state index contributed by atoms with van der Waals surface area (Å²) in [6.07, 6.45) is 5.73. The van der Waals surface area contributed by atoms with Crippen molar-refractivity contribution in [2.45, 2.75) is 32.7 Å². The molecular weight excluding hydrogens is 438 g/mol. The Morgan fingerprint density at radius 1 is 1.11 bits per heavy atom. The normalized spacial score (nSPS) is 14.3. The molecule has 0 radical (unpaired) electrons. The number of amides is 1. The van der Waals surface area contributed by atoms with Crippen LogP contribution in [0.15, 0.2) is 54.2 Å². The van der Waals surface area contributed by atoms with Gasteiger partial charge in [0.05, 0.1) is 17.6 Å². The Morgan fingerprint density at radius 3 is 2.43 bits per heavy atom. The standard InChI is InChI=1S/C27H33N7O/c1-18(2)15-19-5-10-24(28)23(16-19)26(29)25-17-34(31-30-25)22-8-6-20(7-9-22)27(35)33-13-11-21(12-14-33)32(3)4/h5-10,15-17,21,29H,11-14,28H2,1-4H3. The zero-order valence-electron chi connectivity index (χ0n) is 20.8. The number of likely N-dealkylation sites (tertiary alicyclic amines) is 1. The number of hydrogen-bond acceptors (Lipinski definition) is 6. The van der Waals surface area contributed by atoms with Crippen molar-refractivity contribution in [2.75, 3.05) is 32.9 Å². The molecule has 0 bridgehead atoms. The minimum absolute atomic E-state index is 0.0570. The molecular formula is C27H33N7O. The van der Waals surface area contributed by atoms with E-state index in [-0.39, 0.29) is 11.6 Å². The first kappa shape index (κ1) is 24.3. The summed E-state index contributed by atoms with van der Waals surface area (Å²) in [6, 6.07) is 13.5. The van der Waals surface area contributed by atoms with Crippen molar-refractivity contribution >= 4 is 23.4 Å². The lowest BCUT2D eigenvalue weighted by molar-refractivity contribution is 0.0663. The molecule has 8 nitrogen and oxygen atoms in total. The molecule has 0 unspecified atom stereocenters. The van der Waals surface area contributed by atoms with Crippen LogP contribution < -0.4 is 5.73 Å². The van der Waals surface area contributed by atoms with Gasteiger partial charge in [0.1, 0.15) is 5.69 Å². The van der Waals surface area contributed by atoms with E-state index in [2.05, 4.69) is 29.3 Å². The quantitative estimate of drug-likeness (QED) is 0.420. The van der Waals surface area contributed by atoms with Gasteiger partial charge in [-0.3, -0.25) is 10.2 Å². The molecule has 1 aliphatic heterocycles. The van der Waals surface area contributed by atoms with Crippen LogP contribution in [0.25, 0.3) is 11.8 Å². The number of benzene rings is 2. The number of hydrogen-bond donors (Lipinski definition) is 2. The van der Waals surface area contributed by atoms with Crippen molar-refractivity contribution in [1.82, 2.24) is 24.8 Å². The zero-order chi connectivity index (χ0) is 25.1. The van der Waals surface area contributed by atoms with E-state index < -0.39 is 0 Å². The highest BCUT2D eigenvalue weighted by Crippen LogP contribution is 2.21. The summed E-state index contributed by atoms with van der Waals surface area (Å²) in [6.45, 7) is 5.60. The van der Waals surface area contributed by atoms with Crippen molar-refractivity contribution in [3.8, 4) is 5.69 Å². The average molecular weight is 472 g/mol. The third kappa shape index (κ3) is 5.49. The molecule has 0 aliphatic carbocycles. The predicted octanol–water partition coefficient (Wildman–Crippen LogP) is 3.86. The van der Waals surface area contributed by atoms with E-state index in [1.165, 1.54) is 0 Å². The number of carbonyl (C=O) groups is 1. The molecule has 3 aromatic rings. The van der Waals surface area contributed by atoms with Gasteiger partial charge in [-0.15, -0.1) is 5.10 Å². The Morgan fingerprint density at radius 2 is 1.80 bits per heavy atom. The van der Waals surface area contributed by atoms with E-state index in [4.69, 9.17) is 11.1 Å². The lowest BCUT2D eigenvalue weighted by atomic mass is 10.0. The second kappa shape index (κ2) is 10.2. The average Bonchev–Trinajstić information content (AvgIpc) is 3.34. The molecule has 1 aromatic heterocycles.